The molecule has 2 N–H and O–H groups in total. The van der Waals surface area contributed by atoms with Gasteiger partial charge in [-0.25, -0.2) is 9.36 Å². The van der Waals surface area contributed by atoms with Gasteiger partial charge in [0.1, 0.15) is 6.54 Å². The van der Waals surface area contributed by atoms with Crippen molar-refractivity contribution >= 4 is 22.8 Å². The molecule has 9 heteroatoms. The van der Waals surface area contributed by atoms with E-state index >= 15 is 0 Å². The number of hydrogen-bond acceptors (Lipinski definition) is 4. The van der Waals surface area contributed by atoms with Gasteiger partial charge in [0.25, 0.3) is 5.56 Å². The molecule has 4 rings (SSSR count). The molecule has 1 aromatic carbocycles. The number of rotatable bonds is 4. The maximum atomic E-state index is 13.1. The quantitative estimate of drug-likeness (QED) is 0.554. The number of hydrogen-bond donors (Lipinski definition) is 1. The Morgan fingerprint density at radius 1 is 1.14 bits per heavy atom. The first kappa shape index (κ1) is 18.7. The summed E-state index contributed by atoms with van der Waals surface area (Å²) in [4.78, 5) is 41.7. The smallest absolute Gasteiger partial charge is 0.332 e. The average molecular weight is 394 g/mol. The van der Waals surface area contributed by atoms with E-state index in [9.17, 15) is 14.4 Å². The van der Waals surface area contributed by atoms with Crippen molar-refractivity contribution < 1.29 is 4.79 Å². The van der Waals surface area contributed by atoms with Gasteiger partial charge in [-0.3, -0.25) is 18.6 Å². The molecular formula is C20H22N6O3. The zero-order valence-corrected chi connectivity index (χ0v) is 16.7. The molecule has 3 aromatic heterocycles. The van der Waals surface area contributed by atoms with E-state index in [1.54, 1.807) is 4.40 Å². The van der Waals surface area contributed by atoms with Crippen LogP contribution in [0.25, 0.3) is 16.9 Å². The van der Waals surface area contributed by atoms with Gasteiger partial charge in [0, 0.05) is 18.4 Å². The van der Waals surface area contributed by atoms with Crippen LogP contribution < -0.4 is 17.0 Å². The molecule has 0 saturated carbocycles. The second-order valence-electron chi connectivity index (χ2n) is 7.25. The molecular weight excluding hydrogens is 372 g/mol. The highest BCUT2D eigenvalue weighted by Gasteiger charge is 2.25. The number of carbonyl (C=O) groups excluding carboxylic acids is 1. The second-order valence-corrected chi connectivity index (χ2v) is 7.25. The van der Waals surface area contributed by atoms with E-state index in [1.807, 2.05) is 48.7 Å². The summed E-state index contributed by atoms with van der Waals surface area (Å²) in [6.07, 6.45) is 0. The van der Waals surface area contributed by atoms with Crippen molar-refractivity contribution in [3.63, 3.8) is 0 Å². The van der Waals surface area contributed by atoms with Crippen LogP contribution in [0.2, 0.25) is 0 Å². The molecule has 29 heavy (non-hydrogen) atoms. The monoisotopic (exact) mass is 394 g/mol. The molecule has 9 nitrogen and oxygen atoms in total. The summed E-state index contributed by atoms with van der Waals surface area (Å²) >= 11 is 0. The molecule has 1 amide bonds. The standard InChI is InChI=1S/C20H22N6O3/c1-11-12(2)26-16-17(23(4)20(29)24(18(16)28)10-15(21)27)22-19(26)25(11)13(3)14-8-6-5-7-9-14/h5-9,13H,10H2,1-4H3,(H2,21,27). The van der Waals surface area contributed by atoms with Crippen LogP contribution in [-0.4, -0.2) is 29.0 Å². The highest BCUT2D eigenvalue weighted by molar-refractivity contribution is 5.78. The van der Waals surface area contributed by atoms with E-state index in [4.69, 9.17) is 5.73 Å². The van der Waals surface area contributed by atoms with Gasteiger partial charge in [-0.2, -0.15) is 4.98 Å². The van der Waals surface area contributed by atoms with Crippen LogP contribution in [0.4, 0.5) is 0 Å². The summed E-state index contributed by atoms with van der Waals surface area (Å²) in [5.41, 5.74) is 7.45. The molecule has 3 heterocycles. The first-order valence-corrected chi connectivity index (χ1v) is 9.26. The fraction of sp³-hybridized carbons (Fsp3) is 0.300. The van der Waals surface area contributed by atoms with Gasteiger partial charge >= 0.3 is 5.69 Å². The highest BCUT2D eigenvalue weighted by Crippen LogP contribution is 2.27. The van der Waals surface area contributed by atoms with E-state index in [0.29, 0.717) is 5.78 Å². The molecule has 0 bridgehead atoms. The molecule has 4 aromatic rings. The Kier molecular flexibility index (Phi) is 4.18. The number of carbonyl (C=O) groups is 1. The van der Waals surface area contributed by atoms with Crippen LogP contribution in [0.3, 0.4) is 0 Å². The zero-order valence-electron chi connectivity index (χ0n) is 16.7. The van der Waals surface area contributed by atoms with Crippen molar-refractivity contribution in [1.82, 2.24) is 23.1 Å². The van der Waals surface area contributed by atoms with Crippen molar-refractivity contribution in [3.05, 3.63) is 68.1 Å². The Hall–Kier alpha value is -3.62. The first-order chi connectivity index (χ1) is 13.7. The number of imidazole rings is 2. The first-order valence-electron chi connectivity index (χ1n) is 9.26. The van der Waals surface area contributed by atoms with Crippen molar-refractivity contribution in [2.24, 2.45) is 12.8 Å². The fourth-order valence-corrected chi connectivity index (χ4v) is 3.91. The van der Waals surface area contributed by atoms with Gasteiger partial charge < -0.3 is 10.3 Å². The van der Waals surface area contributed by atoms with E-state index in [-0.39, 0.29) is 17.2 Å². The van der Waals surface area contributed by atoms with Crippen LogP contribution in [0.1, 0.15) is 29.9 Å². The third-order valence-corrected chi connectivity index (χ3v) is 5.54. The molecule has 0 aliphatic rings. The summed E-state index contributed by atoms with van der Waals surface area (Å²) < 4.78 is 5.93. The van der Waals surface area contributed by atoms with Crippen LogP contribution in [-0.2, 0) is 18.4 Å². The van der Waals surface area contributed by atoms with Crippen LogP contribution in [0, 0.1) is 13.8 Å². The van der Waals surface area contributed by atoms with Crippen molar-refractivity contribution in [1.29, 1.82) is 0 Å². The number of benzene rings is 1. The minimum atomic E-state index is -0.757. The molecule has 0 aliphatic heterocycles. The average Bonchev–Trinajstić information content (AvgIpc) is 3.19. The summed E-state index contributed by atoms with van der Waals surface area (Å²) in [6.45, 7) is 5.46. The third-order valence-electron chi connectivity index (χ3n) is 5.54. The molecule has 0 saturated heterocycles. The van der Waals surface area contributed by atoms with Crippen LogP contribution >= 0.6 is 0 Å². The van der Waals surface area contributed by atoms with Crippen molar-refractivity contribution in [2.75, 3.05) is 0 Å². The van der Waals surface area contributed by atoms with Crippen molar-refractivity contribution in [2.45, 2.75) is 33.4 Å². The summed E-state index contributed by atoms with van der Waals surface area (Å²) in [7, 11) is 1.53. The molecule has 1 atom stereocenters. The SMILES string of the molecule is Cc1c(C)n2c3c(=O)n(CC(N)=O)c(=O)n(C)c3nc2n1C(C)c1ccccc1. The third kappa shape index (κ3) is 2.61. The summed E-state index contributed by atoms with van der Waals surface area (Å²) in [5.74, 6) is -0.192. The molecule has 0 fully saturated rings. The van der Waals surface area contributed by atoms with Gasteiger partial charge in [0.05, 0.1) is 6.04 Å². The number of amides is 1. The lowest BCUT2D eigenvalue weighted by Crippen LogP contribution is -2.42. The number of fused-ring (bicyclic) bond motifs is 3. The minimum Gasteiger partial charge on any atom is -0.368 e. The normalized spacial score (nSPS) is 12.7. The van der Waals surface area contributed by atoms with Gasteiger partial charge in [-0.1, -0.05) is 30.3 Å². The Labute approximate surface area is 165 Å². The molecule has 0 radical (unpaired) electrons. The Morgan fingerprint density at radius 3 is 2.41 bits per heavy atom. The summed E-state index contributed by atoms with van der Waals surface area (Å²) in [6, 6.07) is 9.95. The van der Waals surface area contributed by atoms with Gasteiger partial charge in [0.2, 0.25) is 11.7 Å². The van der Waals surface area contributed by atoms with Crippen LogP contribution in [0.15, 0.2) is 39.9 Å². The Bertz CT molecular complexity index is 1390. The fourth-order valence-electron chi connectivity index (χ4n) is 3.91. The van der Waals surface area contributed by atoms with E-state index < -0.39 is 23.7 Å². The predicted octanol–water partition coefficient (Wildman–Crippen LogP) is 0.861. The number of primary amides is 1. The van der Waals surface area contributed by atoms with Gasteiger partial charge in [-0.05, 0) is 26.3 Å². The van der Waals surface area contributed by atoms with Crippen LogP contribution in [0.5, 0.6) is 0 Å². The van der Waals surface area contributed by atoms with Crippen molar-refractivity contribution in [3.8, 4) is 0 Å². The highest BCUT2D eigenvalue weighted by atomic mass is 16.2. The second kappa shape index (κ2) is 6.47. The minimum absolute atomic E-state index is 0.0333. The number of aryl methyl sites for hydroxylation is 2. The van der Waals surface area contributed by atoms with E-state index in [1.165, 1.54) is 11.6 Å². The number of aromatic nitrogens is 5. The maximum absolute atomic E-state index is 13.1. The lowest BCUT2D eigenvalue weighted by Gasteiger charge is -2.16. The zero-order chi connectivity index (χ0) is 21.0. The molecule has 1 unspecified atom stereocenters. The van der Waals surface area contributed by atoms with Gasteiger partial charge in [0.15, 0.2) is 11.2 Å². The lowest BCUT2D eigenvalue weighted by molar-refractivity contribution is -0.118. The van der Waals surface area contributed by atoms with Gasteiger partial charge in [-0.15, -0.1) is 0 Å². The lowest BCUT2D eigenvalue weighted by atomic mass is 10.1. The largest absolute Gasteiger partial charge is 0.368 e. The maximum Gasteiger partial charge on any atom is 0.332 e. The Balaban J connectivity index is 2.12. The summed E-state index contributed by atoms with van der Waals surface area (Å²) in [5, 5.41) is 0. The van der Waals surface area contributed by atoms with E-state index in [2.05, 4.69) is 11.9 Å². The molecule has 150 valence electrons. The number of nitrogens with two attached hydrogens (primary N) is 1. The molecule has 0 spiro atoms. The number of nitrogens with zero attached hydrogens (tertiary/aromatic N) is 5. The Morgan fingerprint density at radius 2 is 1.79 bits per heavy atom. The van der Waals surface area contributed by atoms with E-state index in [0.717, 1.165) is 21.5 Å². The predicted molar refractivity (Wildman–Crippen MR) is 109 cm³/mol. The topological polar surface area (TPSA) is 109 Å². The molecule has 0 aliphatic carbocycles.